The molecule has 2 aromatic heterocycles. The third kappa shape index (κ3) is 8.80. The summed E-state index contributed by atoms with van der Waals surface area (Å²) in [5.41, 5.74) is 1.58. The number of benzene rings is 2. The number of carboxylic acids is 1. The molecule has 0 aliphatic rings. The van der Waals surface area contributed by atoms with Crippen molar-refractivity contribution in [2.45, 2.75) is 53.8 Å². The fourth-order valence-corrected chi connectivity index (χ4v) is 4.03. The SMILES string of the molecule is COC(=O)C(C)(C)/C=C/c1ccc2cnc([C@@H](C)O)cc2c1.C[C@@H](O)c1cc2cc(/C=C/C(C)(C)C(=O)O)ccc2cn1. The van der Waals surface area contributed by atoms with Gasteiger partial charge >= 0.3 is 11.9 Å². The largest absolute Gasteiger partial charge is 0.481 e. The maximum atomic E-state index is 11.7. The maximum Gasteiger partial charge on any atom is 0.315 e. The van der Waals surface area contributed by atoms with Gasteiger partial charge in [-0.05, 0) is 87.7 Å². The standard InChI is InChI=1S/C18H21NO3.C17H19NO3/c1-12(20)16-10-15-9-13(5-6-14(15)11-19-16)7-8-18(2,3)17(21)22-4;1-11(19)15-9-14-8-12(4-5-13(14)10-18-15)6-7-17(2,3)16(20)21/h5-12,20H,1-4H3;4-11,19H,1-3H3,(H,20,21)/b8-7+;7-6+/t12-;11-/m11/s1. The molecule has 4 rings (SSSR count). The first-order valence-electron chi connectivity index (χ1n) is 14.0. The van der Waals surface area contributed by atoms with Crippen molar-refractivity contribution >= 4 is 45.6 Å². The van der Waals surface area contributed by atoms with E-state index in [0.717, 1.165) is 32.7 Å². The number of ether oxygens (including phenoxy) is 1. The zero-order chi connectivity index (χ0) is 31.9. The second-order valence-corrected chi connectivity index (χ2v) is 11.7. The number of carboxylic acid groups (broad SMARTS) is 1. The van der Waals surface area contributed by atoms with Crippen LogP contribution in [0.1, 0.15) is 76.3 Å². The topological polar surface area (TPSA) is 130 Å². The lowest BCUT2D eigenvalue weighted by Gasteiger charge is -2.16. The lowest BCUT2D eigenvalue weighted by Crippen LogP contribution is -2.22. The summed E-state index contributed by atoms with van der Waals surface area (Å²) < 4.78 is 4.79. The minimum Gasteiger partial charge on any atom is -0.481 e. The van der Waals surface area contributed by atoms with Gasteiger partial charge in [-0.15, -0.1) is 0 Å². The molecular formula is C35H40N2O6. The number of aliphatic carboxylic acids is 1. The van der Waals surface area contributed by atoms with Crippen molar-refractivity contribution in [1.82, 2.24) is 9.97 Å². The van der Waals surface area contributed by atoms with E-state index in [0.29, 0.717) is 11.4 Å². The molecule has 8 nitrogen and oxygen atoms in total. The third-order valence-corrected chi connectivity index (χ3v) is 7.04. The summed E-state index contributed by atoms with van der Waals surface area (Å²) in [6.45, 7) is 10.3. The van der Waals surface area contributed by atoms with Gasteiger partial charge in [0.1, 0.15) is 0 Å². The highest BCUT2D eigenvalue weighted by molar-refractivity contribution is 5.86. The van der Waals surface area contributed by atoms with E-state index in [-0.39, 0.29) is 5.97 Å². The second-order valence-electron chi connectivity index (χ2n) is 11.7. The molecule has 0 bridgehead atoms. The molecule has 0 unspecified atom stereocenters. The van der Waals surface area contributed by atoms with Gasteiger partial charge in [0, 0.05) is 23.2 Å². The van der Waals surface area contributed by atoms with Crippen molar-refractivity contribution in [2.75, 3.05) is 7.11 Å². The minimum atomic E-state index is -0.905. The van der Waals surface area contributed by atoms with Crippen LogP contribution in [0.15, 0.2) is 73.1 Å². The van der Waals surface area contributed by atoms with E-state index < -0.39 is 29.0 Å². The van der Waals surface area contributed by atoms with E-state index >= 15 is 0 Å². The first-order valence-corrected chi connectivity index (χ1v) is 14.0. The Balaban J connectivity index is 0.000000236. The van der Waals surface area contributed by atoms with Crippen LogP contribution < -0.4 is 0 Å². The predicted molar refractivity (Wildman–Crippen MR) is 170 cm³/mol. The van der Waals surface area contributed by atoms with E-state index in [9.17, 15) is 19.8 Å². The summed E-state index contributed by atoms with van der Waals surface area (Å²) in [6.07, 6.45) is 9.48. The minimum absolute atomic E-state index is 0.273. The summed E-state index contributed by atoms with van der Waals surface area (Å²) in [5.74, 6) is -1.13. The van der Waals surface area contributed by atoms with Crippen LogP contribution in [0.4, 0.5) is 0 Å². The summed E-state index contributed by atoms with van der Waals surface area (Å²) in [6, 6.07) is 15.5. The Hall–Kier alpha value is -4.40. The number of aliphatic hydroxyl groups excluding tert-OH is 2. The number of pyridine rings is 2. The van der Waals surface area contributed by atoms with Crippen molar-refractivity contribution in [3.05, 3.63) is 95.6 Å². The molecule has 2 heterocycles. The van der Waals surface area contributed by atoms with Gasteiger partial charge in [-0.25, -0.2) is 0 Å². The lowest BCUT2D eigenvalue weighted by atomic mass is 9.92. The molecule has 0 fully saturated rings. The van der Waals surface area contributed by atoms with Gasteiger partial charge in [0.2, 0.25) is 0 Å². The molecule has 3 N–H and O–H groups in total. The van der Waals surface area contributed by atoms with Crippen molar-refractivity contribution in [3.8, 4) is 0 Å². The van der Waals surface area contributed by atoms with Gasteiger partial charge in [-0.3, -0.25) is 19.6 Å². The second kappa shape index (κ2) is 13.7. The van der Waals surface area contributed by atoms with Gasteiger partial charge in [0.15, 0.2) is 0 Å². The summed E-state index contributed by atoms with van der Waals surface area (Å²) >= 11 is 0. The predicted octanol–water partition coefficient (Wildman–Crippen LogP) is 6.91. The average Bonchev–Trinajstić information content (AvgIpc) is 2.97. The zero-order valence-electron chi connectivity index (χ0n) is 25.7. The van der Waals surface area contributed by atoms with Gasteiger partial charge in [-0.1, -0.05) is 48.6 Å². The Kier molecular flexibility index (Phi) is 10.6. The van der Waals surface area contributed by atoms with E-state index in [1.54, 1.807) is 52.2 Å². The number of esters is 1. The molecule has 4 aromatic rings. The third-order valence-electron chi connectivity index (χ3n) is 7.04. The molecule has 0 saturated heterocycles. The van der Waals surface area contributed by atoms with Gasteiger partial charge in [0.05, 0.1) is 41.5 Å². The van der Waals surface area contributed by atoms with E-state index in [2.05, 4.69) is 9.97 Å². The number of rotatable bonds is 8. The first-order chi connectivity index (χ1) is 20.1. The van der Waals surface area contributed by atoms with Crippen LogP contribution in [0.25, 0.3) is 33.7 Å². The molecule has 2 aromatic carbocycles. The molecule has 0 saturated carbocycles. The summed E-state index contributed by atoms with van der Waals surface area (Å²) in [5, 5.41) is 32.3. The number of aromatic nitrogens is 2. The average molecular weight is 585 g/mol. The van der Waals surface area contributed by atoms with E-state index in [1.807, 2.05) is 74.5 Å². The molecular weight excluding hydrogens is 544 g/mol. The summed E-state index contributed by atoms with van der Waals surface area (Å²) in [7, 11) is 1.39. The van der Waals surface area contributed by atoms with Crippen molar-refractivity contribution in [2.24, 2.45) is 10.8 Å². The molecule has 0 spiro atoms. The number of carbonyl (C=O) groups is 2. The van der Waals surface area contributed by atoms with Crippen LogP contribution in [0.3, 0.4) is 0 Å². The molecule has 0 aliphatic carbocycles. The zero-order valence-corrected chi connectivity index (χ0v) is 25.7. The Bertz CT molecular complexity index is 1670. The van der Waals surface area contributed by atoms with Crippen LogP contribution in [0.2, 0.25) is 0 Å². The van der Waals surface area contributed by atoms with E-state index in [4.69, 9.17) is 9.84 Å². The van der Waals surface area contributed by atoms with Gasteiger partial charge < -0.3 is 20.1 Å². The highest BCUT2D eigenvalue weighted by Crippen LogP contribution is 2.25. The molecule has 43 heavy (non-hydrogen) atoms. The van der Waals surface area contributed by atoms with Crippen molar-refractivity contribution in [1.29, 1.82) is 0 Å². The number of aliphatic hydroxyl groups is 2. The molecule has 0 radical (unpaired) electrons. The Morgan fingerprint density at radius 2 is 1.14 bits per heavy atom. The fourth-order valence-electron chi connectivity index (χ4n) is 4.03. The van der Waals surface area contributed by atoms with Crippen molar-refractivity contribution < 1.29 is 29.6 Å². The normalized spacial score (nSPS) is 13.6. The highest BCUT2D eigenvalue weighted by Gasteiger charge is 2.25. The molecule has 226 valence electrons. The molecule has 2 atom stereocenters. The highest BCUT2D eigenvalue weighted by atomic mass is 16.5. The number of hydrogen-bond donors (Lipinski definition) is 3. The fraction of sp³-hybridized carbons (Fsp3) is 0.314. The number of methoxy groups -OCH3 is 1. The first kappa shape index (κ1) is 33.1. The lowest BCUT2D eigenvalue weighted by molar-refractivity contribution is -0.148. The van der Waals surface area contributed by atoms with Crippen molar-refractivity contribution in [3.63, 3.8) is 0 Å². The van der Waals surface area contributed by atoms with Crippen LogP contribution in [-0.4, -0.2) is 44.3 Å². The van der Waals surface area contributed by atoms with Gasteiger partial charge in [0.25, 0.3) is 0 Å². The maximum absolute atomic E-state index is 11.7. The number of hydrogen-bond acceptors (Lipinski definition) is 7. The monoisotopic (exact) mass is 584 g/mol. The Morgan fingerprint density at radius 1 is 0.721 bits per heavy atom. The molecule has 8 heteroatoms. The molecule has 0 aliphatic heterocycles. The molecule has 0 amide bonds. The van der Waals surface area contributed by atoms with Crippen LogP contribution >= 0.6 is 0 Å². The van der Waals surface area contributed by atoms with Gasteiger partial charge in [-0.2, -0.15) is 0 Å². The van der Waals surface area contributed by atoms with E-state index in [1.165, 1.54) is 7.11 Å². The van der Waals surface area contributed by atoms with Crippen LogP contribution in [0, 0.1) is 10.8 Å². The quantitative estimate of drug-likeness (QED) is 0.191. The van der Waals surface area contributed by atoms with Crippen LogP contribution in [-0.2, 0) is 14.3 Å². The smallest absolute Gasteiger partial charge is 0.315 e. The number of nitrogens with zero attached hydrogens (tertiary/aromatic N) is 2. The van der Waals surface area contributed by atoms with Crippen LogP contribution in [0.5, 0.6) is 0 Å². The Labute approximate surface area is 252 Å². The Morgan fingerprint density at radius 3 is 1.51 bits per heavy atom. The number of fused-ring (bicyclic) bond motifs is 2. The summed E-state index contributed by atoms with van der Waals surface area (Å²) in [4.78, 5) is 31.2. The number of carbonyl (C=O) groups excluding carboxylic acids is 1.